The van der Waals surface area contributed by atoms with E-state index in [4.69, 9.17) is 9.47 Å². The van der Waals surface area contributed by atoms with Crippen molar-refractivity contribution in [2.75, 3.05) is 0 Å². The number of ether oxygens (including phenoxy) is 2. The van der Waals surface area contributed by atoms with Crippen LogP contribution in [0.2, 0.25) is 0 Å². The van der Waals surface area contributed by atoms with Crippen molar-refractivity contribution in [1.29, 1.82) is 0 Å². The molecule has 1 aliphatic heterocycles. The largest absolute Gasteiger partial charge is 0.454 e. The van der Waals surface area contributed by atoms with Gasteiger partial charge in [0.2, 0.25) is 6.29 Å². The Morgan fingerprint density at radius 2 is 1.81 bits per heavy atom. The zero-order valence-electron chi connectivity index (χ0n) is 9.02. The van der Waals surface area contributed by atoms with Crippen LogP contribution in [0.3, 0.4) is 0 Å². The van der Waals surface area contributed by atoms with Crippen molar-refractivity contribution in [3.05, 3.63) is 29.8 Å². The van der Waals surface area contributed by atoms with Crippen molar-refractivity contribution >= 4 is 5.97 Å². The molecule has 1 atom stereocenters. The Labute approximate surface area is 94.4 Å². The third kappa shape index (κ3) is 1.56. The van der Waals surface area contributed by atoms with Gasteiger partial charge in [0, 0.05) is 5.92 Å². The molecule has 0 radical (unpaired) electrons. The molecule has 1 fully saturated rings. The minimum absolute atomic E-state index is 0.251. The van der Waals surface area contributed by atoms with Gasteiger partial charge in [-0.05, 0) is 25.0 Å². The van der Waals surface area contributed by atoms with Crippen LogP contribution in [0.25, 0.3) is 0 Å². The zero-order valence-corrected chi connectivity index (χ0v) is 9.02. The number of rotatable bonds is 1. The number of cyclic esters (lactones) is 1. The number of carbonyl (C=O) groups excluding carboxylic acids is 1. The molecule has 84 valence electrons. The summed E-state index contributed by atoms with van der Waals surface area (Å²) in [5, 5.41) is 0. The van der Waals surface area contributed by atoms with Gasteiger partial charge in [-0.25, -0.2) is 4.79 Å². The van der Waals surface area contributed by atoms with Gasteiger partial charge in [-0.2, -0.15) is 0 Å². The first-order chi connectivity index (χ1) is 7.84. The van der Waals surface area contributed by atoms with E-state index in [1.807, 2.05) is 18.2 Å². The summed E-state index contributed by atoms with van der Waals surface area (Å²) in [6, 6.07) is 7.27. The van der Waals surface area contributed by atoms with E-state index in [0.29, 0.717) is 17.2 Å². The van der Waals surface area contributed by atoms with Crippen molar-refractivity contribution in [2.45, 2.75) is 32.0 Å². The molecule has 2 aliphatic rings. The fourth-order valence-electron chi connectivity index (χ4n) is 2.48. The molecule has 0 amide bonds. The molecule has 1 heterocycles. The number of hydrogen-bond acceptors (Lipinski definition) is 3. The van der Waals surface area contributed by atoms with Gasteiger partial charge in [-0.1, -0.05) is 25.0 Å². The first-order valence-corrected chi connectivity index (χ1v) is 5.81. The molecule has 0 N–H and O–H groups in total. The summed E-state index contributed by atoms with van der Waals surface area (Å²) in [6.07, 6.45) is 4.25. The van der Waals surface area contributed by atoms with Gasteiger partial charge in [-0.15, -0.1) is 0 Å². The van der Waals surface area contributed by atoms with E-state index >= 15 is 0 Å². The van der Waals surface area contributed by atoms with Crippen LogP contribution >= 0.6 is 0 Å². The third-order valence-electron chi connectivity index (χ3n) is 3.36. The highest BCUT2D eigenvalue weighted by molar-refractivity contribution is 5.93. The predicted molar refractivity (Wildman–Crippen MR) is 58.2 cm³/mol. The minimum atomic E-state index is -0.370. The average Bonchev–Trinajstić information content (AvgIpc) is 2.82. The molecule has 1 unspecified atom stereocenters. The van der Waals surface area contributed by atoms with Crippen LogP contribution in [0.1, 0.15) is 36.0 Å². The molecule has 0 bridgehead atoms. The lowest BCUT2D eigenvalue weighted by molar-refractivity contribution is -0.0901. The summed E-state index contributed by atoms with van der Waals surface area (Å²) < 4.78 is 11.1. The van der Waals surface area contributed by atoms with Crippen LogP contribution in [0.15, 0.2) is 24.3 Å². The van der Waals surface area contributed by atoms with Crippen LogP contribution in [0.5, 0.6) is 5.75 Å². The summed E-state index contributed by atoms with van der Waals surface area (Å²) in [6.45, 7) is 0. The molecule has 0 spiro atoms. The van der Waals surface area contributed by atoms with Crippen LogP contribution in [0, 0.1) is 5.92 Å². The number of benzene rings is 1. The van der Waals surface area contributed by atoms with Gasteiger partial charge < -0.3 is 9.47 Å². The first kappa shape index (κ1) is 9.70. The lowest BCUT2D eigenvalue weighted by Crippen LogP contribution is -2.35. The first-order valence-electron chi connectivity index (χ1n) is 5.81. The van der Waals surface area contributed by atoms with Crippen LogP contribution in [0.4, 0.5) is 0 Å². The fourth-order valence-corrected chi connectivity index (χ4v) is 2.48. The second-order valence-corrected chi connectivity index (χ2v) is 4.43. The maximum Gasteiger partial charge on any atom is 0.345 e. The summed E-state index contributed by atoms with van der Waals surface area (Å²) >= 11 is 0. The molecule has 0 aromatic heterocycles. The summed E-state index contributed by atoms with van der Waals surface area (Å²) in [4.78, 5) is 11.8. The van der Waals surface area contributed by atoms with E-state index in [1.54, 1.807) is 6.07 Å². The van der Waals surface area contributed by atoms with E-state index < -0.39 is 0 Å². The molecule has 0 saturated heterocycles. The van der Waals surface area contributed by atoms with Crippen LogP contribution in [-0.2, 0) is 4.74 Å². The van der Waals surface area contributed by atoms with Crippen molar-refractivity contribution in [1.82, 2.24) is 0 Å². The smallest absolute Gasteiger partial charge is 0.345 e. The quantitative estimate of drug-likeness (QED) is 0.680. The zero-order chi connectivity index (χ0) is 11.0. The van der Waals surface area contributed by atoms with E-state index in [9.17, 15) is 4.79 Å². The summed E-state index contributed by atoms with van der Waals surface area (Å²) in [7, 11) is 0. The summed E-state index contributed by atoms with van der Waals surface area (Å²) in [5.74, 6) is 0.784. The van der Waals surface area contributed by atoms with E-state index in [0.717, 1.165) is 12.8 Å². The Bertz CT molecular complexity index is 407. The Kier molecular flexibility index (Phi) is 2.31. The van der Waals surface area contributed by atoms with Crippen molar-refractivity contribution in [3.63, 3.8) is 0 Å². The second kappa shape index (κ2) is 3.81. The molecule has 3 nitrogen and oxygen atoms in total. The van der Waals surface area contributed by atoms with Crippen molar-refractivity contribution in [2.24, 2.45) is 5.92 Å². The number of fused-ring (bicyclic) bond motifs is 1. The SMILES string of the molecule is O=C1OC(C2CCCC2)Oc2ccccc21. The van der Waals surface area contributed by atoms with Crippen molar-refractivity contribution in [3.8, 4) is 5.75 Å². The van der Waals surface area contributed by atoms with E-state index in [2.05, 4.69) is 0 Å². The Balaban J connectivity index is 1.85. The minimum Gasteiger partial charge on any atom is -0.454 e. The third-order valence-corrected chi connectivity index (χ3v) is 3.36. The molecule has 1 saturated carbocycles. The Morgan fingerprint density at radius 1 is 1.06 bits per heavy atom. The predicted octanol–water partition coefficient (Wildman–Crippen LogP) is 2.75. The topological polar surface area (TPSA) is 35.5 Å². The number of carbonyl (C=O) groups is 1. The second-order valence-electron chi connectivity index (χ2n) is 4.43. The van der Waals surface area contributed by atoms with Gasteiger partial charge in [0.25, 0.3) is 0 Å². The molecule has 1 aromatic rings. The number of esters is 1. The van der Waals surface area contributed by atoms with Gasteiger partial charge in [0.15, 0.2) is 0 Å². The molecule has 16 heavy (non-hydrogen) atoms. The average molecular weight is 218 g/mol. The molecule has 1 aliphatic carbocycles. The van der Waals surface area contributed by atoms with Gasteiger partial charge >= 0.3 is 5.97 Å². The molecule has 3 heteroatoms. The number of hydrogen-bond donors (Lipinski definition) is 0. The number of para-hydroxylation sites is 1. The summed E-state index contributed by atoms with van der Waals surface area (Å²) in [5.41, 5.74) is 0.539. The van der Waals surface area contributed by atoms with Gasteiger partial charge in [0.05, 0.1) is 0 Å². The Hall–Kier alpha value is -1.51. The maximum absolute atomic E-state index is 11.8. The monoisotopic (exact) mass is 218 g/mol. The van der Waals surface area contributed by atoms with Crippen LogP contribution < -0.4 is 4.74 Å². The van der Waals surface area contributed by atoms with Gasteiger partial charge in [-0.3, -0.25) is 0 Å². The standard InChI is InChI=1S/C13H14O3/c14-12-10-7-3-4-8-11(10)15-13(16-12)9-5-1-2-6-9/h3-4,7-9,13H,1-2,5-6H2. The molecule has 3 rings (SSSR count). The Morgan fingerprint density at radius 3 is 2.62 bits per heavy atom. The lowest BCUT2D eigenvalue weighted by Gasteiger charge is -2.29. The highest BCUT2D eigenvalue weighted by Crippen LogP contribution is 2.35. The highest BCUT2D eigenvalue weighted by Gasteiger charge is 2.34. The lowest BCUT2D eigenvalue weighted by atomic mass is 10.1. The molecular formula is C13H14O3. The normalized spacial score (nSPS) is 24.8. The molecule has 1 aromatic carbocycles. The van der Waals surface area contributed by atoms with Crippen molar-refractivity contribution < 1.29 is 14.3 Å². The van der Waals surface area contributed by atoms with Crippen LogP contribution in [-0.4, -0.2) is 12.3 Å². The van der Waals surface area contributed by atoms with Gasteiger partial charge in [0.1, 0.15) is 11.3 Å². The fraction of sp³-hybridized carbons (Fsp3) is 0.462. The van der Waals surface area contributed by atoms with E-state index in [-0.39, 0.29) is 12.3 Å². The molecular weight excluding hydrogens is 204 g/mol. The highest BCUT2D eigenvalue weighted by atomic mass is 16.7. The van der Waals surface area contributed by atoms with E-state index in [1.165, 1.54) is 12.8 Å². The maximum atomic E-state index is 11.8.